The lowest BCUT2D eigenvalue weighted by Gasteiger charge is -2.33. The van der Waals surface area contributed by atoms with Crippen molar-refractivity contribution >= 4 is 15.9 Å². The summed E-state index contributed by atoms with van der Waals surface area (Å²) in [6, 6.07) is 0. The van der Waals surface area contributed by atoms with Gasteiger partial charge in [0, 0.05) is 18.6 Å². The molecule has 1 amide bonds. The molecule has 1 aliphatic rings. The number of hydrogen-bond donors (Lipinski definition) is 1. The quantitative estimate of drug-likeness (QED) is 0.870. The van der Waals surface area contributed by atoms with Crippen molar-refractivity contribution in [2.45, 2.75) is 64.3 Å². The fraction of sp³-hybridized carbons (Fsp3) is 0.750. The van der Waals surface area contributed by atoms with Gasteiger partial charge in [-0.1, -0.05) is 12.1 Å². The fourth-order valence-corrected chi connectivity index (χ4v) is 4.69. The van der Waals surface area contributed by atoms with Crippen LogP contribution in [0.4, 0.5) is 0 Å². The Morgan fingerprint density at radius 2 is 2.08 bits per heavy atom. The fourth-order valence-electron chi connectivity index (χ4n) is 2.87. The molecule has 1 aliphatic heterocycles. The maximum atomic E-state index is 12.9. The predicted octanol–water partition coefficient (Wildman–Crippen LogP) is 2.00. The highest BCUT2D eigenvalue weighted by molar-refractivity contribution is 7.89. The molecular formula is C16H27N3O4S. The molecule has 8 heteroatoms. The molecular weight excluding hydrogens is 330 g/mol. The number of rotatable bonds is 5. The summed E-state index contributed by atoms with van der Waals surface area (Å²) < 4.78 is 32.2. The van der Waals surface area contributed by atoms with E-state index < -0.39 is 10.0 Å². The number of amides is 1. The molecule has 136 valence electrons. The third kappa shape index (κ3) is 3.80. The van der Waals surface area contributed by atoms with E-state index in [1.807, 2.05) is 20.8 Å². The van der Waals surface area contributed by atoms with E-state index in [2.05, 4.69) is 10.5 Å². The summed E-state index contributed by atoms with van der Waals surface area (Å²) in [6.45, 7) is 9.74. The van der Waals surface area contributed by atoms with E-state index in [1.54, 1.807) is 13.8 Å². The Morgan fingerprint density at radius 1 is 1.42 bits per heavy atom. The van der Waals surface area contributed by atoms with Crippen LogP contribution >= 0.6 is 0 Å². The van der Waals surface area contributed by atoms with E-state index in [0.29, 0.717) is 25.1 Å². The number of sulfonamides is 1. The standard InChI is InChI=1S/C16H27N3O4S/c1-6-16(4,5)17-15(20)13-8-7-9-19(10-13)24(21,22)14-11(2)18-23-12(14)3/h13H,6-10H2,1-5H3,(H,17,20). The molecule has 1 atom stereocenters. The number of nitrogens with zero attached hydrogens (tertiary/aromatic N) is 2. The van der Waals surface area contributed by atoms with Crippen molar-refractivity contribution < 1.29 is 17.7 Å². The minimum absolute atomic E-state index is 0.0829. The average molecular weight is 357 g/mol. The van der Waals surface area contributed by atoms with Crippen LogP contribution in [0.1, 0.15) is 51.5 Å². The van der Waals surface area contributed by atoms with Crippen LogP contribution in [-0.2, 0) is 14.8 Å². The highest BCUT2D eigenvalue weighted by Gasteiger charge is 2.37. The van der Waals surface area contributed by atoms with Crippen LogP contribution in [-0.4, -0.2) is 42.4 Å². The van der Waals surface area contributed by atoms with Crippen molar-refractivity contribution in [3.8, 4) is 0 Å². The molecule has 0 spiro atoms. The summed E-state index contributed by atoms with van der Waals surface area (Å²) in [5.41, 5.74) is 0.0612. The molecule has 1 N–H and O–H groups in total. The summed E-state index contributed by atoms with van der Waals surface area (Å²) in [4.78, 5) is 12.6. The van der Waals surface area contributed by atoms with Crippen molar-refractivity contribution in [3.63, 3.8) is 0 Å². The van der Waals surface area contributed by atoms with Crippen molar-refractivity contribution in [3.05, 3.63) is 11.5 Å². The first-order valence-corrected chi connectivity index (χ1v) is 9.77. The van der Waals surface area contributed by atoms with Crippen LogP contribution in [0.25, 0.3) is 0 Å². The number of nitrogens with one attached hydrogen (secondary N) is 1. The van der Waals surface area contributed by atoms with E-state index in [0.717, 1.165) is 6.42 Å². The minimum Gasteiger partial charge on any atom is -0.360 e. The van der Waals surface area contributed by atoms with Gasteiger partial charge in [-0.3, -0.25) is 4.79 Å². The number of piperidine rings is 1. The first-order valence-electron chi connectivity index (χ1n) is 8.33. The molecule has 1 fully saturated rings. The van der Waals surface area contributed by atoms with E-state index in [9.17, 15) is 13.2 Å². The molecule has 2 heterocycles. The molecule has 2 rings (SSSR count). The van der Waals surface area contributed by atoms with E-state index in [1.165, 1.54) is 4.31 Å². The second-order valence-corrected chi connectivity index (χ2v) is 8.96. The van der Waals surface area contributed by atoms with Crippen molar-refractivity contribution in [1.82, 2.24) is 14.8 Å². The Kier molecular flexibility index (Phi) is 5.39. The van der Waals surface area contributed by atoms with Gasteiger partial charge in [-0.25, -0.2) is 8.42 Å². The zero-order chi connectivity index (χ0) is 18.1. The number of carbonyl (C=O) groups is 1. The third-order valence-electron chi connectivity index (χ3n) is 4.67. The van der Waals surface area contributed by atoms with Gasteiger partial charge < -0.3 is 9.84 Å². The van der Waals surface area contributed by atoms with E-state index >= 15 is 0 Å². The highest BCUT2D eigenvalue weighted by atomic mass is 32.2. The van der Waals surface area contributed by atoms with Gasteiger partial charge in [0.2, 0.25) is 15.9 Å². The minimum atomic E-state index is -3.70. The van der Waals surface area contributed by atoms with Crippen LogP contribution in [0.3, 0.4) is 0 Å². The van der Waals surface area contributed by atoms with Gasteiger partial charge in [0.25, 0.3) is 0 Å². The molecule has 24 heavy (non-hydrogen) atoms. The van der Waals surface area contributed by atoms with Gasteiger partial charge in [-0.05, 0) is 47.0 Å². The Hall–Kier alpha value is -1.41. The van der Waals surface area contributed by atoms with E-state index in [-0.39, 0.29) is 34.6 Å². The van der Waals surface area contributed by atoms with Crippen LogP contribution in [0.2, 0.25) is 0 Å². The summed E-state index contributed by atoms with van der Waals surface area (Å²) >= 11 is 0. The molecule has 0 aromatic carbocycles. The summed E-state index contributed by atoms with van der Waals surface area (Å²) in [7, 11) is -3.70. The third-order valence-corrected chi connectivity index (χ3v) is 6.78. The first-order chi connectivity index (χ1) is 11.1. The van der Waals surface area contributed by atoms with Crippen LogP contribution in [0.15, 0.2) is 9.42 Å². The molecule has 0 bridgehead atoms. The summed E-state index contributed by atoms with van der Waals surface area (Å²) in [6.07, 6.45) is 2.17. The molecule has 7 nitrogen and oxygen atoms in total. The van der Waals surface area contributed by atoms with Gasteiger partial charge in [0.15, 0.2) is 5.76 Å². The van der Waals surface area contributed by atoms with Crippen LogP contribution in [0.5, 0.6) is 0 Å². The first kappa shape index (κ1) is 18.9. The Labute approximate surface area is 143 Å². The Balaban J connectivity index is 2.17. The van der Waals surface area contributed by atoms with Gasteiger partial charge in [0.1, 0.15) is 10.6 Å². The lowest BCUT2D eigenvalue weighted by Crippen LogP contribution is -2.50. The smallest absolute Gasteiger partial charge is 0.248 e. The molecule has 1 aromatic heterocycles. The zero-order valence-corrected chi connectivity index (χ0v) is 15.9. The number of carbonyl (C=O) groups excluding carboxylic acids is 1. The molecule has 1 saturated heterocycles. The lowest BCUT2D eigenvalue weighted by atomic mass is 9.95. The molecule has 1 unspecified atom stereocenters. The normalized spacial score (nSPS) is 20.1. The average Bonchev–Trinajstić information content (AvgIpc) is 2.86. The van der Waals surface area contributed by atoms with Crippen molar-refractivity contribution in [2.24, 2.45) is 5.92 Å². The molecule has 0 aliphatic carbocycles. The molecule has 1 aromatic rings. The largest absolute Gasteiger partial charge is 0.360 e. The Bertz CT molecular complexity index is 689. The van der Waals surface area contributed by atoms with Gasteiger partial charge in [-0.2, -0.15) is 4.31 Å². The van der Waals surface area contributed by atoms with Gasteiger partial charge in [0.05, 0.1) is 5.92 Å². The predicted molar refractivity (Wildman–Crippen MR) is 90.0 cm³/mol. The number of hydrogen-bond acceptors (Lipinski definition) is 5. The van der Waals surface area contributed by atoms with Crippen LogP contribution < -0.4 is 5.32 Å². The van der Waals surface area contributed by atoms with Crippen molar-refractivity contribution in [2.75, 3.05) is 13.1 Å². The monoisotopic (exact) mass is 357 g/mol. The number of aryl methyl sites for hydroxylation is 2. The van der Waals surface area contributed by atoms with Crippen LogP contribution in [0, 0.1) is 19.8 Å². The highest BCUT2D eigenvalue weighted by Crippen LogP contribution is 2.28. The second-order valence-electron chi connectivity index (χ2n) is 7.08. The Morgan fingerprint density at radius 3 is 2.62 bits per heavy atom. The second kappa shape index (κ2) is 6.84. The maximum Gasteiger partial charge on any atom is 0.248 e. The molecule has 0 radical (unpaired) electrons. The van der Waals surface area contributed by atoms with Crippen molar-refractivity contribution in [1.29, 1.82) is 0 Å². The SMILES string of the molecule is CCC(C)(C)NC(=O)C1CCCN(S(=O)(=O)c2c(C)noc2C)C1. The van der Waals surface area contributed by atoms with Gasteiger partial charge >= 0.3 is 0 Å². The number of aromatic nitrogens is 1. The topological polar surface area (TPSA) is 92.5 Å². The molecule has 0 saturated carbocycles. The summed E-state index contributed by atoms with van der Waals surface area (Å²) in [5, 5.41) is 6.74. The maximum absolute atomic E-state index is 12.9. The van der Waals surface area contributed by atoms with E-state index in [4.69, 9.17) is 4.52 Å². The zero-order valence-electron chi connectivity index (χ0n) is 15.0. The summed E-state index contributed by atoms with van der Waals surface area (Å²) in [5.74, 6) is -0.133. The lowest BCUT2D eigenvalue weighted by molar-refractivity contribution is -0.127. The van der Waals surface area contributed by atoms with Gasteiger partial charge in [-0.15, -0.1) is 0 Å².